The summed E-state index contributed by atoms with van der Waals surface area (Å²) >= 11 is 0. The Bertz CT molecular complexity index is 209. The second-order valence-corrected chi connectivity index (χ2v) is 4.48. The lowest BCUT2D eigenvalue weighted by Gasteiger charge is -3.07. The molecule has 6 fully saturated rings. The molecule has 0 bridgehead atoms. The zero-order valence-corrected chi connectivity index (χ0v) is 4.99. The van der Waals surface area contributed by atoms with E-state index in [2.05, 4.69) is 4.90 Å². The average Bonchev–Trinajstić information content (AvgIpc) is 1.88. The summed E-state index contributed by atoms with van der Waals surface area (Å²) in [7, 11) is 0. The Hall–Kier alpha value is -0.0800. The summed E-state index contributed by atoms with van der Waals surface area (Å²) in [6, 6.07) is 2.02. The van der Waals surface area contributed by atoms with Crippen molar-refractivity contribution in [2.45, 2.75) is 17.7 Å². The Labute approximate surface area is 53.0 Å². The monoisotopic (exact) mass is 120 g/mol. The van der Waals surface area contributed by atoms with Gasteiger partial charge in [-0.2, -0.15) is 0 Å². The van der Waals surface area contributed by atoms with Crippen LogP contribution in [-0.4, -0.2) is 22.6 Å². The highest BCUT2D eigenvalue weighted by Crippen LogP contribution is 2.93. The van der Waals surface area contributed by atoms with Crippen LogP contribution < -0.4 is 5.73 Å². The summed E-state index contributed by atoms with van der Waals surface area (Å²) in [4.78, 5) is 2.56. The summed E-state index contributed by atoms with van der Waals surface area (Å²) in [5, 5.41) is 0. The van der Waals surface area contributed by atoms with E-state index in [-0.39, 0.29) is 0 Å². The summed E-state index contributed by atoms with van der Waals surface area (Å²) in [5.41, 5.74) is 6.41. The number of rotatable bonds is 0. The van der Waals surface area contributed by atoms with E-state index in [4.69, 9.17) is 5.73 Å². The van der Waals surface area contributed by atoms with Crippen LogP contribution in [0.25, 0.3) is 0 Å². The highest BCUT2D eigenvalue weighted by Gasteiger charge is 3.03. The van der Waals surface area contributed by atoms with Crippen molar-refractivity contribution in [3.63, 3.8) is 0 Å². The Balaban J connectivity index is 1.93. The quantitative estimate of drug-likeness (QED) is 0.454. The number of nitrogens with zero attached hydrogens (tertiary/aromatic N) is 1. The van der Waals surface area contributed by atoms with Crippen LogP contribution in [0.15, 0.2) is 0 Å². The summed E-state index contributed by atoms with van der Waals surface area (Å²) in [6.07, 6.45) is 0. The highest BCUT2D eigenvalue weighted by molar-refractivity contribution is 5.54. The Morgan fingerprint density at radius 3 is 2.00 bits per heavy atom. The minimum atomic E-state index is 0.300. The van der Waals surface area contributed by atoms with E-state index < -0.39 is 0 Å². The summed E-state index contributed by atoms with van der Waals surface area (Å²) in [5.74, 6) is 4.26. The number of hydrogen-bond donors (Lipinski definition) is 1. The van der Waals surface area contributed by atoms with E-state index in [1.165, 1.54) is 0 Å². The second kappa shape index (κ2) is 0.523. The number of hydrogen-bond acceptors (Lipinski definition) is 2. The lowest BCUT2D eigenvalue weighted by Crippen LogP contribution is -3.19. The van der Waals surface area contributed by atoms with E-state index in [9.17, 15) is 0 Å². The Kier molecular flexibility index (Phi) is 0.195. The molecule has 3 aliphatic heterocycles. The molecular formula is C7H8N2. The van der Waals surface area contributed by atoms with Gasteiger partial charge in [0.25, 0.3) is 0 Å². The zero-order chi connectivity index (χ0) is 5.54. The van der Waals surface area contributed by atoms with Gasteiger partial charge in [0.1, 0.15) is 0 Å². The third-order valence-corrected chi connectivity index (χ3v) is 4.96. The summed E-state index contributed by atoms with van der Waals surface area (Å²) < 4.78 is 0. The standard InChI is InChI=1S/C7H8N2/c8-7-3-1-2-5(3)9(7)6(2)4(1)7/h1-6H,8H2. The van der Waals surface area contributed by atoms with Crippen LogP contribution in [0.3, 0.4) is 0 Å². The van der Waals surface area contributed by atoms with Crippen LogP contribution >= 0.6 is 0 Å². The van der Waals surface area contributed by atoms with Crippen molar-refractivity contribution in [2.75, 3.05) is 0 Å². The number of nitrogens with two attached hydrogens (primary N) is 1. The van der Waals surface area contributed by atoms with E-state index >= 15 is 0 Å². The molecule has 0 aromatic rings. The predicted octanol–water partition coefficient (Wildman–Crippen LogP) is -0.787. The molecule has 0 radical (unpaired) electrons. The molecule has 9 heavy (non-hydrogen) atoms. The minimum Gasteiger partial charge on any atom is -0.313 e. The molecule has 0 aromatic heterocycles. The Morgan fingerprint density at radius 2 is 1.78 bits per heavy atom. The first-order valence-corrected chi connectivity index (χ1v) is 3.94. The van der Waals surface area contributed by atoms with Gasteiger partial charge in [0.15, 0.2) is 0 Å². The fourth-order valence-corrected chi connectivity index (χ4v) is 4.78. The van der Waals surface area contributed by atoms with E-state index in [0.717, 1.165) is 35.8 Å². The van der Waals surface area contributed by atoms with Gasteiger partial charge >= 0.3 is 0 Å². The SMILES string of the molecule is NC12C3C4C5C3N1C5C42. The van der Waals surface area contributed by atoms with Gasteiger partial charge in [0.05, 0.1) is 5.66 Å². The third-order valence-electron chi connectivity index (χ3n) is 4.96. The first kappa shape index (κ1) is 3.35. The zero-order valence-electron chi connectivity index (χ0n) is 4.99. The highest BCUT2D eigenvalue weighted by atomic mass is 15.6. The fourth-order valence-electron chi connectivity index (χ4n) is 4.78. The molecule has 0 aromatic carbocycles. The number of piperidine rings is 12. The predicted molar refractivity (Wildman–Crippen MR) is 30.3 cm³/mol. The molecule has 4 atom stereocenters. The Morgan fingerprint density at radius 1 is 1.11 bits per heavy atom. The van der Waals surface area contributed by atoms with Crippen LogP contribution in [-0.2, 0) is 0 Å². The van der Waals surface area contributed by atoms with Gasteiger partial charge in [0, 0.05) is 23.9 Å². The largest absolute Gasteiger partial charge is 0.313 e. The maximum Gasteiger partial charge on any atom is 0.0786 e. The van der Waals surface area contributed by atoms with Gasteiger partial charge < -0.3 is 5.73 Å². The van der Waals surface area contributed by atoms with E-state index in [1.807, 2.05) is 0 Å². The topological polar surface area (TPSA) is 29.3 Å². The van der Waals surface area contributed by atoms with Gasteiger partial charge in [-0.25, -0.2) is 0 Å². The molecule has 6 aliphatic rings. The second-order valence-electron chi connectivity index (χ2n) is 4.48. The molecule has 0 spiro atoms. The molecule has 3 aliphatic carbocycles. The maximum absolute atomic E-state index is 6.11. The molecule has 3 saturated carbocycles. The van der Waals surface area contributed by atoms with E-state index in [1.54, 1.807) is 0 Å². The summed E-state index contributed by atoms with van der Waals surface area (Å²) in [6.45, 7) is 0. The van der Waals surface area contributed by atoms with Gasteiger partial charge in [-0.15, -0.1) is 0 Å². The molecule has 2 nitrogen and oxygen atoms in total. The molecule has 3 heterocycles. The van der Waals surface area contributed by atoms with Crippen molar-refractivity contribution in [2.24, 2.45) is 29.4 Å². The lowest BCUT2D eigenvalue weighted by atomic mass is 9.14. The fraction of sp³-hybridized carbons (Fsp3) is 1.00. The molecular weight excluding hydrogens is 112 g/mol. The van der Waals surface area contributed by atoms with Gasteiger partial charge in [-0.05, 0) is 11.8 Å². The van der Waals surface area contributed by atoms with Crippen LogP contribution in [0.5, 0.6) is 0 Å². The molecule has 46 valence electrons. The van der Waals surface area contributed by atoms with Gasteiger partial charge in [-0.1, -0.05) is 0 Å². The van der Waals surface area contributed by atoms with Crippen molar-refractivity contribution in [1.29, 1.82) is 0 Å². The van der Waals surface area contributed by atoms with Gasteiger partial charge in [-0.3, -0.25) is 4.90 Å². The van der Waals surface area contributed by atoms with Crippen molar-refractivity contribution in [3.05, 3.63) is 0 Å². The minimum absolute atomic E-state index is 0.300. The molecule has 2 N–H and O–H groups in total. The van der Waals surface area contributed by atoms with Crippen LogP contribution in [0.2, 0.25) is 0 Å². The van der Waals surface area contributed by atoms with Crippen molar-refractivity contribution >= 4 is 0 Å². The van der Waals surface area contributed by atoms with Crippen molar-refractivity contribution in [3.8, 4) is 0 Å². The molecule has 2 heteroatoms. The molecule has 4 unspecified atom stereocenters. The first-order chi connectivity index (χ1) is 4.37. The lowest BCUT2D eigenvalue weighted by molar-refractivity contribution is -0.592. The first-order valence-electron chi connectivity index (χ1n) is 3.94. The molecule has 6 rings (SSSR count). The normalized spacial score (nSPS) is 99.7. The third kappa shape index (κ3) is 0.0955. The van der Waals surface area contributed by atoms with Crippen LogP contribution in [0, 0.1) is 23.7 Å². The smallest absolute Gasteiger partial charge is 0.0786 e. The van der Waals surface area contributed by atoms with Crippen molar-refractivity contribution < 1.29 is 0 Å². The maximum atomic E-state index is 6.11. The van der Waals surface area contributed by atoms with E-state index in [0.29, 0.717) is 5.66 Å². The molecule has 0 amide bonds. The average molecular weight is 120 g/mol. The van der Waals surface area contributed by atoms with Crippen molar-refractivity contribution in [1.82, 2.24) is 4.90 Å². The van der Waals surface area contributed by atoms with Crippen LogP contribution in [0.4, 0.5) is 0 Å². The van der Waals surface area contributed by atoms with Crippen LogP contribution in [0.1, 0.15) is 0 Å². The van der Waals surface area contributed by atoms with Gasteiger partial charge in [0.2, 0.25) is 0 Å². The molecule has 3 saturated heterocycles.